The number of carbonyl (C=O) groups is 1. The number of anilines is 2. The zero-order valence-electron chi connectivity index (χ0n) is 17.1. The second kappa shape index (κ2) is 7.51. The molecule has 0 saturated carbocycles. The van der Waals surface area contributed by atoms with Crippen molar-refractivity contribution in [1.29, 1.82) is 0 Å². The number of methoxy groups -OCH3 is 1. The Bertz CT molecular complexity index is 1300. The molecule has 0 fully saturated rings. The molecule has 0 radical (unpaired) electrons. The Labute approximate surface area is 193 Å². The van der Waals surface area contributed by atoms with Crippen LogP contribution in [-0.2, 0) is 0 Å². The molecule has 6 rings (SSSR count). The third kappa shape index (κ3) is 2.83. The maximum atomic E-state index is 14.4. The second-order valence-electron chi connectivity index (χ2n) is 7.61. The van der Waals surface area contributed by atoms with Gasteiger partial charge in [0.1, 0.15) is 0 Å². The first kappa shape index (κ1) is 19.6. The van der Waals surface area contributed by atoms with Gasteiger partial charge in [0.25, 0.3) is 0 Å². The fourth-order valence-corrected chi connectivity index (χ4v) is 7.71. The van der Waals surface area contributed by atoms with Crippen LogP contribution < -0.4 is 41.3 Å². The number of allylic oxidation sites excluding steroid dienone is 1. The molecule has 3 aliphatic heterocycles. The Hall–Kier alpha value is -3.08. The predicted octanol–water partition coefficient (Wildman–Crippen LogP) is 0.562. The number of amides is 1. The first-order valence-corrected chi connectivity index (χ1v) is 12.9. The van der Waals surface area contributed by atoms with Gasteiger partial charge in [-0.15, -0.1) is 0 Å². The normalized spacial score (nSPS) is 20.1. The van der Waals surface area contributed by atoms with Crippen molar-refractivity contribution in [2.24, 2.45) is 0 Å². The molecular formula is C23H19FIN4O3-. The van der Waals surface area contributed by atoms with Crippen LogP contribution in [0.2, 0.25) is 0 Å². The van der Waals surface area contributed by atoms with Gasteiger partial charge in [-0.25, -0.2) is 0 Å². The SMILES string of the molecule is COc1c(F)cccc1Nc1c2c3n4c1-c1ccncc1OC/C=C\4C[I-][C@@H]3CNC2=O. The van der Waals surface area contributed by atoms with Crippen LogP contribution in [0.1, 0.15) is 20.0 Å². The van der Waals surface area contributed by atoms with Crippen LogP contribution in [0.5, 0.6) is 11.5 Å². The third-order valence-corrected chi connectivity index (χ3v) is 9.20. The number of pyridine rings is 1. The first-order valence-electron chi connectivity index (χ1n) is 10.2. The summed E-state index contributed by atoms with van der Waals surface area (Å²) in [6.45, 7) is 1.10. The molecule has 3 aromatic rings. The van der Waals surface area contributed by atoms with Crippen LogP contribution in [0.25, 0.3) is 17.0 Å². The Balaban J connectivity index is 1.68. The van der Waals surface area contributed by atoms with Gasteiger partial charge in [0.2, 0.25) is 0 Å². The van der Waals surface area contributed by atoms with Crippen molar-refractivity contribution in [1.82, 2.24) is 14.9 Å². The molecule has 0 bridgehead atoms. The zero-order valence-corrected chi connectivity index (χ0v) is 19.3. The summed E-state index contributed by atoms with van der Waals surface area (Å²) >= 11 is -0.186. The van der Waals surface area contributed by atoms with Gasteiger partial charge in [0.15, 0.2) is 0 Å². The molecule has 7 nitrogen and oxygen atoms in total. The van der Waals surface area contributed by atoms with Crippen molar-refractivity contribution >= 4 is 23.0 Å². The predicted molar refractivity (Wildman–Crippen MR) is 114 cm³/mol. The number of aromatic nitrogens is 2. The molecule has 0 saturated heterocycles. The quantitative estimate of drug-likeness (QED) is 0.372. The number of rotatable bonds is 3. The van der Waals surface area contributed by atoms with E-state index in [1.807, 2.05) is 6.07 Å². The van der Waals surface area contributed by atoms with E-state index in [0.717, 1.165) is 27.1 Å². The molecule has 0 unspecified atom stereocenters. The Morgan fingerprint density at radius 2 is 2.28 bits per heavy atom. The Morgan fingerprint density at radius 1 is 1.38 bits per heavy atom. The second-order valence-corrected chi connectivity index (χ2v) is 10.8. The van der Waals surface area contributed by atoms with Crippen molar-refractivity contribution < 1.29 is 39.9 Å². The van der Waals surface area contributed by atoms with Crippen molar-refractivity contribution in [2.75, 3.05) is 30.0 Å². The van der Waals surface area contributed by atoms with Crippen LogP contribution >= 0.6 is 0 Å². The number of nitrogens with one attached hydrogen (secondary N) is 2. The van der Waals surface area contributed by atoms with Gasteiger partial charge in [0.05, 0.1) is 0 Å². The number of benzene rings is 1. The van der Waals surface area contributed by atoms with E-state index in [1.165, 1.54) is 13.2 Å². The monoisotopic (exact) mass is 545 g/mol. The summed E-state index contributed by atoms with van der Waals surface area (Å²) in [5.41, 5.74) is 5.54. The van der Waals surface area contributed by atoms with Crippen molar-refractivity contribution in [2.45, 2.75) is 3.92 Å². The molecule has 3 aliphatic rings. The van der Waals surface area contributed by atoms with Gasteiger partial charge in [-0.2, -0.15) is 0 Å². The third-order valence-electron chi connectivity index (χ3n) is 5.89. The van der Waals surface area contributed by atoms with Crippen LogP contribution in [-0.4, -0.2) is 40.1 Å². The molecule has 1 amide bonds. The van der Waals surface area contributed by atoms with Crippen molar-refractivity contribution in [3.8, 4) is 22.8 Å². The van der Waals surface area contributed by atoms with E-state index in [2.05, 4.69) is 26.3 Å². The summed E-state index contributed by atoms with van der Waals surface area (Å²) in [6.07, 6.45) is 5.49. The molecule has 2 aromatic heterocycles. The number of halogens is 2. The molecule has 1 aromatic carbocycles. The fourth-order valence-electron chi connectivity index (χ4n) is 4.53. The first-order chi connectivity index (χ1) is 15.7. The van der Waals surface area contributed by atoms with Gasteiger partial charge < -0.3 is 0 Å². The van der Waals surface area contributed by atoms with E-state index in [1.54, 1.807) is 24.5 Å². The van der Waals surface area contributed by atoms with Crippen LogP contribution in [0.4, 0.5) is 15.8 Å². The number of hydrogen-bond donors (Lipinski definition) is 2. The maximum absolute atomic E-state index is 14.4. The summed E-state index contributed by atoms with van der Waals surface area (Å²) in [7, 11) is 1.43. The molecule has 0 spiro atoms. The van der Waals surface area contributed by atoms with E-state index in [4.69, 9.17) is 9.47 Å². The molecule has 164 valence electrons. The summed E-state index contributed by atoms with van der Waals surface area (Å²) in [4.78, 5) is 17.4. The average molecular weight is 545 g/mol. The minimum atomic E-state index is -0.473. The van der Waals surface area contributed by atoms with E-state index in [0.29, 0.717) is 39.8 Å². The van der Waals surface area contributed by atoms with Gasteiger partial charge in [-0.1, -0.05) is 0 Å². The fraction of sp³-hybridized carbons (Fsp3) is 0.217. The zero-order chi connectivity index (χ0) is 21.8. The Kier molecular flexibility index (Phi) is 4.60. The van der Waals surface area contributed by atoms with Crippen molar-refractivity contribution in [3.05, 3.63) is 59.8 Å². The molecular weight excluding hydrogens is 526 g/mol. The number of hydrogen-bond acceptors (Lipinski definition) is 5. The summed E-state index contributed by atoms with van der Waals surface area (Å²) in [5.74, 6) is 0.138. The van der Waals surface area contributed by atoms with E-state index in [-0.39, 0.29) is 32.9 Å². The van der Waals surface area contributed by atoms with E-state index in [9.17, 15) is 9.18 Å². The molecule has 1 atom stereocenters. The van der Waals surface area contributed by atoms with Crippen LogP contribution in [0, 0.1) is 5.82 Å². The standard InChI is InChI=1S/C23H19FIN4O3/c1-31-22-14(24)3-2-4-16(22)28-19-18-21-15(10-27-23(18)30)25-9-12-6-8-32-17-11-26-7-5-13(17)20(19)29(12)21/h2-7,11,15,28H,8-10H2,1H3,(H,27,30)/q-1/b12-6-/t15-/m1/s1. The van der Waals surface area contributed by atoms with Crippen LogP contribution in [0.15, 0.2) is 42.7 Å². The van der Waals surface area contributed by atoms with Gasteiger partial charge >= 0.3 is 194 Å². The number of carbonyl (C=O) groups excluding carboxylic acids is 1. The molecule has 5 heterocycles. The summed E-state index contributed by atoms with van der Waals surface area (Å²) < 4.78 is 29.3. The van der Waals surface area contributed by atoms with Crippen LogP contribution in [0.3, 0.4) is 0 Å². The molecule has 32 heavy (non-hydrogen) atoms. The van der Waals surface area contributed by atoms with Crippen molar-refractivity contribution in [3.63, 3.8) is 0 Å². The molecule has 2 N–H and O–H groups in total. The number of alkyl halides is 2. The Morgan fingerprint density at radius 3 is 3.16 bits per heavy atom. The van der Waals surface area contributed by atoms with E-state index < -0.39 is 5.82 Å². The molecule has 9 heteroatoms. The topological polar surface area (TPSA) is 77.4 Å². The van der Waals surface area contributed by atoms with E-state index >= 15 is 0 Å². The summed E-state index contributed by atoms with van der Waals surface area (Å²) in [5, 5.41) is 6.41. The number of fused-ring (bicyclic) bond motifs is 2. The van der Waals surface area contributed by atoms with Gasteiger partial charge in [0, 0.05) is 0 Å². The average Bonchev–Trinajstić information content (AvgIpc) is 3.12. The van der Waals surface area contributed by atoms with Gasteiger partial charge in [-0.05, 0) is 0 Å². The number of para-hydroxylation sites is 1. The summed E-state index contributed by atoms with van der Waals surface area (Å²) in [6, 6.07) is 6.60. The molecule has 0 aliphatic carbocycles. The minimum absolute atomic E-state index is 0.101. The number of ether oxygens (including phenoxy) is 2. The number of nitrogens with zero attached hydrogens (tertiary/aromatic N) is 2. The van der Waals surface area contributed by atoms with Gasteiger partial charge in [-0.3, -0.25) is 0 Å².